The lowest BCUT2D eigenvalue weighted by molar-refractivity contribution is 0.172. The summed E-state index contributed by atoms with van der Waals surface area (Å²) >= 11 is 0. The standard InChI is InChI=1S/C9H17N3O3/c13-7-6-12(11-15)9(14)10-8-4-2-1-3-5-8/h8,13H,1-7H2,(H,10,14)/i6D2. The van der Waals surface area contributed by atoms with E-state index in [4.69, 9.17) is 7.85 Å². The van der Waals surface area contributed by atoms with Crippen LogP contribution in [0.3, 0.4) is 0 Å². The minimum Gasteiger partial charge on any atom is -0.394 e. The van der Waals surface area contributed by atoms with Gasteiger partial charge in [0.25, 0.3) is 0 Å². The van der Waals surface area contributed by atoms with Gasteiger partial charge in [0.2, 0.25) is 0 Å². The Kier molecular flexibility index (Phi) is 3.84. The monoisotopic (exact) mass is 217 g/mol. The number of aliphatic hydroxyl groups excluding tert-OH is 1. The number of nitrogens with zero attached hydrogens (tertiary/aromatic N) is 2. The second-order valence-corrected chi connectivity index (χ2v) is 3.49. The van der Waals surface area contributed by atoms with Crippen LogP contribution in [0.25, 0.3) is 0 Å². The number of hydrogen-bond acceptors (Lipinski definition) is 4. The van der Waals surface area contributed by atoms with Gasteiger partial charge >= 0.3 is 6.03 Å². The highest BCUT2D eigenvalue weighted by Crippen LogP contribution is 2.17. The van der Waals surface area contributed by atoms with E-state index in [-0.39, 0.29) is 11.1 Å². The Balaban J connectivity index is 2.57. The highest BCUT2D eigenvalue weighted by molar-refractivity contribution is 5.74. The molecule has 1 aliphatic rings. The lowest BCUT2D eigenvalue weighted by atomic mass is 9.96. The zero-order valence-corrected chi connectivity index (χ0v) is 8.48. The first kappa shape index (κ1) is 9.08. The first-order chi connectivity index (χ1) is 8.01. The number of carbonyl (C=O) groups is 1. The van der Waals surface area contributed by atoms with Gasteiger partial charge in [-0.15, -0.1) is 4.91 Å². The molecule has 0 atom stereocenters. The van der Waals surface area contributed by atoms with Crippen LogP contribution in [0.15, 0.2) is 5.29 Å². The number of aliphatic hydroxyl groups is 1. The Labute approximate surface area is 91.4 Å². The molecule has 0 spiro atoms. The van der Waals surface area contributed by atoms with Crippen molar-refractivity contribution in [3.05, 3.63) is 4.91 Å². The number of nitroso groups, excluding NO2 is 1. The maximum absolute atomic E-state index is 11.6. The molecule has 0 saturated heterocycles. The van der Waals surface area contributed by atoms with E-state index in [9.17, 15) is 9.70 Å². The van der Waals surface area contributed by atoms with Crippen LogP contribution in [-0.2, 0) is 0 Å². The van der Waals surface area contributed by atoms with Gasteiger partial charge in [0.05, 0.1) is 21.1 Å². The molecule has 0 aromatic heterocycles. The van der Waals surface area contributed by atoms with Gasteiger partial charge in [0.15, 0.2) is 0 Å². The third-order valence-electron chi connectivity index (χ3n) is 2.43. The minimum atomic E-state index is -2.47. The van der Waals surface area contributed by atoms with Crippen LogP contribution in [0.2, 0.25) is 0 Å². The molecule has 1 aliphatic carbocycles. The van der Waals surface area contributed by atoms with Crippen molar-refractivity contribution in [1.82, 2.24) is 10.3 Å². The van der Waals surface area contributed by atoms with E-state index < -0.39 is 19.1 Å². The van der Waals surface area contributed by atoms with Crippen LogP contribution in [0.4, 0.5) is 4.79 Å². The third kappa shape index (κ3) is 3.83. The molecule has 1 rings (SSSR count). The van der Waals surface area contributed by atoms with Crippen LogP contribution in [0.1, 0.15) is 34.8 Å². The van der Waals surface area contributed by atoms with E-state index in [2.05, 4.69) is 10.6 Å². The van der Waals surface area contributed by atoms with Gasteiger partial charge in [-0.3, -0.25) is 0 Å². The Morgan fingerprint density at radius 3 is 2.73 bits per heavy atom. The predicted octanol–water partition coefficient (Wildman–Crippen LogP) is 1.00. The molecule has 0 aliphatic heterocycles. The summed E-state index contributed by atoms with van der Waals surface area (Å²) < 4.78 is 14.5. The van der Waals surface area contributed by atoms with E-state index in [0.717, 1.165) is 32.1 Å². The number of nitrogens with one attached hydrogen (secondary N) is 1. The normalized spacial score (nSPS) is 20.1. The van der Waals surface area contributed by atoms with Crippen LogP contribution in [0.5, 0.6) is 0 Å². The molecular weight excluding hydrogens is 198 g/mol. The number of urea groups is 1. The van der Waals surface area contributed by atoms with Crippen molar-refractivity contribution in [2.45, 2.75) is 38.1 Å². The molecule has 1 saturated carbocycles. The van der Waals surface area contributed by atoms with Crippen LogP contribution in [0, 0.1) is 4.91 Å². The summed E-state index contributed by atoms with van der Waals surface area (Å²) in [6, 6.07) is -0.944. The molecule has 0 unspecified atom stereocenters. The summed E-state index contributed by atoms with van der Waals surface area (Å²) in [5.41, 5.74) is 0. The Morgan fingerprint density at radius 1 is 1.53 bits per heavy atom. The van der Waals surface area contributed by atoms with E-state index in [1.54, 1.807) is 0 Å². The number of rotatable bonds is 4. The average Bonchev–Trinajstić information content (AvgIpc) is 2.30. The molecule has 2 amide bonds. The molecule has 0 radical (unpaired) electrons. The summed E-state index contributed by atoms with van der Waals surface area (Å²) in [5.74, 6) is 0. The number of carbonyl (C=O) groups excluding carboxylic acids is 1. The van der Waals surface area contributed by atoms with Crippen molar-refractivity contribution in [3.63, 3.8) is 0 Å². The lowest BCUT2D eigenvalue weighted by Crippen LogP contribution is -2.44. The van der Waals surface area contributed by atoms with Crippen molar-refractivity contribution < 1.29 is 12.6 Å². The second kappa shape index (κ2) is 6.34. The molecule has 0 aromatic rings. The zero-order valence-electron chi connectivity index (χ0n) is 10.5. The van der Waals surface area contributed by atoms with Gasteiger partial charge in [0, 0.05) is 6.04 Å². The Bertz CT molecular complexity index is 283. The van der Waals surface area contributed by atoms with Crippen molar-refractivity contribution in [2.75, 3.05) is 13.1 Å². The van der Waals surface area contributed by atoms with E-state index >= 15 is 0 Å². The van der Waals surface area contributed by atoms with Gasteiger partial charge in [-0.25, -0.2) is 4.79 Å². The molecule has 6 heteroatoms. The molecule has 0 bridgehead atoms. The van der Waals surface area contributed by atoms with Crippen molar-refractivity contribution in [3.8, 4) is 0 Å². The van der Waals surface area contributed by atoms with Crippen molar-refractivity contribution in [2.24, 2.45) is 5.29 Å². The Hall–Kier alpha value is -1.17. The van der Waals surface area contributed by atoms with Crippen molar-refractivity contribution in [1.29, 1.82) is 0 Å². The average molecular weight is 217 g/mol. The molecule has 1 fully saturated rings. The minimum absolute atomic E-state index is 0.0463. The van der Waals surface area contributed by atoms with Crippen LogP contribution < -0.4 is 5.32 Å². The SMILES string of the molecule is [2H]C([2H])(CO)N(N=O)C(=O)NC1CCCCC1. The highest BCUT2D eigenvalue weighted by atomic mass is 16.3. The van der Waals surface area contributed by atoms with Gasteiger partial charge in [-0.1, -0.05) is 19.3 Å². The highest BCUT2D eigenvalue weighted by Gasteiger charge is 2.19. The zero-order chi connectivity index (χ0) is 12.9. The first-order valence-electron chi connectivity index (χ1n) is 6.06. The van der Waals surface area contributed by atoms with Gasteiger partial charge < -0.3 is 10.4 Å². The summed E-state index contributed by atoms with van der Waals surface area (Å²) in [6.45, 7) is -3.45. The molecule has 6 nitrogen and oxygen atoms in total. The maximum atomic E-state index is 11.6. The number of hydrogen-bond donors (Lipinski definition) is 2. The fourth-order valence-corrected chi connectivity index (χ4v) is 1.69. The van der Waals surface area contributed by atoms with E-state index in [1.165, 1.54) is 0 Å². The van der Waals surface area contributed by atoms with Crippen molar-refractivity contribution >= 4 is 6.03 Å². The first-order valence-corrected chi connectivity index (χ1v) is 5.06. The molecule has 15 heavy (non-hydrogen) atoms. The molecule has 2 N–H and O–H groups in total. The maximum Gasteiger partial charge on any atom is 0.340 e. The van der Waals surface area contributed by atoms with Gasteiger partial charge in [-0.05, 0) is 12.8 Å². The third-order valence-corrected chi connectivity index (χ3v) is 2.43. The fraction of sp³-hybridized carbons (Fsp3) is 0.889. The number of amides is 2. The second-order valence-electron chi connectivity index (χ2n) is 3.49. The van der Waals surface area contributed by atoms with Crippen LogP contribution >= 0.6 is 0 Å². The summed E-state index contributed by atoms with van der Waals surface area (Å²) in [4.78, 5) is 22.1. The summed E-state index contributed by atoms with van der Waals surface area (Å²) in [7, 11) is 0. The Morgan fingerprint density at radius 2 is 2.20 bits per heavy atom. The fourth-order valence-electron chi connectivity index (χ4n) is 1.69. The lowest BCUT2D eigenvalue weighted by Gasteiger charge is -2.24. The van der Waals surface area contributed by atoms with E-state index in [1.807, 2.05) is 0 Å². The van der Waals surface area contributed by atoms with Gasteiger partial charge in [0.1, 0.15) is 0 Å². The molecule has 0 heterocycles. The van der Waals surface area contributed by atoms with Gasteiger partial charge in [-0.2, -0.15) is 5.01 Å². The topological polar surface area (TPSA) is 82.0 Å². The summed E-state index contributed by atoms with van der Waals surface area (Å²) in [6.07, 6.45) is 4.78. The predicted molar refractivity (Wildman–Crippen MR) is 55.0 cm³/mol. The smallest absolute Gasteiger partial charge is 0.340 e. The quantitative estimate of drug-likeness (QED) is 0.544. The summed E-state index contributed by atoms with van der Waals surface area (Å²) in [5, 5.41) is 13.8. The van der Waals surface area contributed by atoms with E-state index in [0.29, 0.717) is 0 Å². The van der Waals surface area contributed by atoms with Crippen LogP contribution in [-0.4, -0.2) is 35.3 Å². The molecular formula is C9H17N3O3. The largest absolute Gasteiger partial charge is 0.394 e. The molecule has 0 aromatic carbocycles. The molecule has 86 valence electrons.